The number of ether oxygens (including phenoxy) is 1. The van der Waals surface area contributed by atoms with Gasteiger partial charge >= 0.3 is 0 Å². The van der Waals surface area contributed by atoms with Crippen LogP contribution in [0.2, 0.25) is 5.02 Å². The Balaban J connectivity index is 1.71. The molecule has 0 saturated carbocycles. The number of nitrogens with zero attached hydrogens (tertiary/aromatic N) is 1. The standard InChI is InChI=1S/C17H22ClN3O3/c18-12-4-1-2-6-14(12)21-9-3-5-13(15(21)22)20-16(23)17(19)7-10-24-11-8-17/h1-2,4,6,13H,3,5,7-11,19H2,(H,20,23). The van der Waals surface area contributed by atoms with Crippen LogP contribution >= 0.6 is 11.6 Å². The summed E-state index contributed by atoms with van der Waals surface area (Å²) in [6, 6.07) is 6.67. The van der Waals surface area contributed by atoms with Crippen LogP contribution in [0.4, 0.5) is 5.69 Å². The third-order valence-electron chi connectivity index (χ3n) is 4.72. The first kappa shape index (κ1) is 17.2. The number of carbonyl (C=O) groups is 2. The molecule has 1 unspecified atom stereocenters. The summed E-state index contributed by atoms with van der Waals surface area (Å²) < 4.78 is 5.26. The second-order valence-electron chi connectivity index (χ2n) is 6.38. The molecule has 0 aliphatic carbocycles. The van der Waals surface area contributed by atoms with E-state index in [4.69, 9.17) is 22.1 Å². The Kier molecular flexibility index (Phi) is 5.08. The van der Waals surface area contributed by atoms with Gasteiger partial charge in [-0.1, -0.05) is 23.7 Å². The molecule has 2 saturated heterocycles. The van der Waals surface area contributed by atoms with Crippen LogP contribution in [0.1, 0.15) is 25.7 Å². The van der Waals surface area contributed by atoms with Crippen molar-refractivity contribution in [1.82, 2.24) is 5.32 Å². The molecule has 1 aromatic carbocycles. The zero-order valence-electron chi connectivity index (χ0n) is 13.5. The molecule has 24 heavy (non-hydrogen) atoms. The van der Waals surface area contributed by atoms with Crippen LogP contribution in [0.15, 0.2) is 24.3 Å². The summed E-state index contributed by atoms with van der Waals surface area (Å²) in [6.45, 7) is 1.53. The number of piperidine rings is 1. The lowest BCUT2D eigenvalue weighted by Crippen LogP contribution is -2.62. The van der Waals surface area contributed by atoms with E-state index in [-0.39, 0.29) is 11.8 Å². The van der Waals surface area contributed by atoms with E-state index >= 15 is 0 Å². The van der Waals surface area contributed by atoms with Crippen molar-refractivity contribution in [2.24, 2.45) is 5.73 Å². The molecule has 2 aliphatic rings. The summed E-state index contributed by atoms with van der Waals surface area (Å²) in [7, 11) is 0. The van der Waals surface area contributed by atoms with E-state index in [9.17, 15) is 9.59 Å². The average molecular weight is 352 g/mol. The van der Waals surface area contributed by atoms with Crippen LogP contribution in [0.3, 0.4) is 0 Å². The molecule has 7 heteroatoms. The summed E-state index contributed by atoms with van der Waals surface area (Å²) in [5, 5.41) is 3.37. The largest absolute Gasteiger partial charge is 0.381 e. The number of para-hydroxylation sites is 1. The van der Waals surface area contributed by atoms with Crippen molar-refractivity contribution in [2.45, 2.75) is 37.3 Å². The minimum absolute atomic E-state index is 0.140. The van der Waals surface area contributed by atoms with Gasteiger partial charge in [0.1, 0.15) is 6.04 Å². The first-order valence-electron chi connectivity index (χ1n) is 8.25. The van der Waals surface area contributed by atoms with Crippen molar-refractivity contribution in [2.75, 3.05) is 24.7 Å². The molecular formula is C17H22ClN3O3. The molecule has 3 N–H and O–H groups in total. The van der Waals surface area contributed by atoms with Crippen molar-refractivity contribution in [3.63, 3.8) is 0 Å². The lowest BCUT2D eigenvalue weighted by atomic mass is 9.89. The maximum absolute atomic E-state index is 12.8. The summed E-state index contributed by atoms with van der Waals surface area (Å²) in [4.78, 5) is 27.0. The average Bonchev–Trinajstić information content (AvgIpc) is 2.58. The fourth-order valence-electron chi connectivity index (χ4n) is 3.18. The van der Waals surface area contributed by atoms with Crippen molar-refractivity contribution in [3.05, 3.63) is 29.3 Å². The number of amides is 2. The highest BCUT2D eigenvalue weighted by molar-refractivity contribution is 6.33. The van der Waals surface area contributed by atoms with Gasteiger partial charge in [-0.3, -0.25) is 9.59 Å². The predicted molar refractivity (Wildman–Crippen MR) is 91.9 cm³/mol. The van der Waals surface area contributed by atoms with Gasteiger partial charge in [-0.2, -0.15) is 0 Å². The van der Waals surface area contributed by atoms with Gasteiger partial charge in [-0.05, 0) is 37.8 Å². The fraction of sp³-hybridized carbons (Fsp3) is 0.529. The number of nitrogens with one attached hydrogen (secondary N) is 1. The topological polar surface area (TPSA) is 84.7 Å². The third-order valence-corrected chi connectivity index (χ3v) is 5.04. The fourth-order valence-corrected chi connectivity index (χ4v) is 3.42. The van der Waals surface area contributed by atoms with E-state index in [1.54, 1.807) is 11.0 Å². The maximum atomic E-state index is 12.8. The van der Waals surface area contributed by atoms with E-state index in [0.717, 1.165) is 6.42 Å². The summed E-state index contributed by atoms with van der Waals surface area (Å²) in [5.41, 5.74) is 5.92. The Hall–Kier alpha value is -1.63. The summed E-state index contributed by atoms with van der Waals surface area (Å²) >= 11 is 6.21. The van der Waals surface area contributed by atoms with E-state index in [1.807, 2.05) is 18.2 Å². The number of carbonyl (C=O) groups excluding carboxylic acids is 2. The molecule has 2 amide bonds. The minimum atomic E-state index is -0.953. The molecule has 2 fully saturated rings. The number of nitrogens with two attached hydrogens (primary N) is 1. The Morgan fingerprint density at radius 3 is 2.75 bits per heavy atom. The van der Waals surface area contributed by atoms with Gasteiger partial charge in [0, 0.05) is 19.8 Å². The zero-order valence-corrected chi connectivity index (χ0v) is 14.2. The van der Waals surface area contributed by atoms with Crippen LogP contribution in [0.5, 0.6) is 0 Å². The Bertz CT molecular complexity index is 631. The molecule has 0 spiro atoms. The zero-order chi connectivity index (χ0) is 17.2. The van der Waals surface area contributed by atoms with Crippen LogP contribution in [-0.4, -0.2) is 43.2 Å². The number of anilines is 1. The quantitative estimate of drug-likeness (QED) is 0.863. The molecule has 3 rings (SSSR count). The van der Waals surface area contributed by atoms with Gasteiger partial charge in [-0.25, -0.2) is 0 Å². The highest BCUT2D eigenvalue weighted by Crippen LogP contribution is 2.29. The van der Waals surface area contributed by atoms with Gasteiger partial charge in [0.05, 0.1) is 16.2 Å². The lowest BCUT2D eigenvalue weighted by molar-refractivity contribution is -0.134. The Morgan fingerprint density at radius 1 is 1.33 bits per heavy atom. The second kappa shape index (κ2) is 7.09. The first-order chi connectivity index (χ1) is 11.5. The molecule has 1 aromatic rings. The molecule has 2 aliphatic heterocycles. The Morgan fingerprint density at radius 2 is 2.04 bits per heavy atom. The van der Waals surface area contributed by atoms with Crippen LogP contribution in [-0.2, 0) is 14.3 Å². The molecule has 0 bridgehead atoms. The molecule has 0 aromatic heterocycles. The molecule has 6 nitrogen and oxygen atoms in total. The number of hydrogen-bond acceptors (Lipinski definition) is 4. The highest BCUT2D eigenvalue weighted by Gasteiger charge is 2.39. The van der Waals surface area contributed by atoms with Gasteiger partial charge in [0.25, 0.3) is 0 Å². The maximum Gasteiger partial charge on any atom is 0.249 e. The SMILES string of the molecule is NC1(C(=O)NC2CCCN(c3ccccc3Cl)C2=O)CCOCC1. The highest BCUT2D eigenvalue weighted by atomic mass is 35.5. The van der Waals surface area contributed by atoms with Crippen molar-refractivity contribution in [1.29, 1.82) is 0 Å². The first-order valence-corrected chi connectivity index (χ1v) is 8.62. The lowest BCUT2D eigenvalue weighted by Gasteiger charge is -2.36. The van der Waals surface area contributed by atoms with Gasteiger partial charge < -0.3 is 20.7 Å². The minimum Gasteiger partial charge on any atom is -0.381 e. The molecular weight excluding hydrogens is 330 g/mol. The number of halogens is 1. The molecule has 1 atom stereocenters. The van der Waals surface area contributed by atoms with E-state index in [1.165, 1.54) is 0 Å². The molecule has 0 radical (unpaired) electrons. The Labute approximate surface area is 146 Å². The molecule has 2 heterocycles. The smallest absolute Gasteiger partial charge is 0.249 e. The van der Waals surface area contributed by atoms with Crippen LogP contribution < -0.4 is 16.0 Å². The number of rotatable bonds is 3. The van der Waals surface area contributed by atoms with Gasteiger partial charge in [0.15, 0.2) is 0 Å². The predicted octanol–water partition coefficient (Wildman–Crippen LogP) is 1.46. The van der Waals surface area contributed by atoms with E-state index in [0.29, 0.717) is 49.7 Å². The summed E-state index contributed by atoms with van der Waals surface area (Å²) in [6.07, 6.45) is 2.34. The van der Waals surface area contributed by atoms with Crippen molar-refractivity contribution < 1.29 is 14.3 Å². The van der Waals surface area contributed by atoms with Crippen LogP contribution in [0, 0.1) is 0 Å². The van der Waals surface area contributed by atoms with E-state index < -0.39 is 11.6 Å². The van der Waals surface area contributed by atoms with Gasteiger partial charge in [0.2, 0.25) is 11.8 Å². The second-order valence-corrected chi connectivity index (χ2v) is 6.79. The number of hydrogen-bond donors (Lipinski definition) is 2. The van der Waals surface area contributed by atoms with Gasteiger partial charge in [-0.15, -0.1) is 0 Å². The summed E-state index contributed by atoms with van der Waals surface area (Å²) in [5.74, 6) is -0.413. The molecule has 130 valence electrons. The van der Waals surface area contributed by atoms with Crippen molar-refractivity contribution in [3.8, 4) is 0 Å². The van der Waals surface area contributed by atoms with Crippen molar-refractivity contribution >= 4 is 29.1 Å². The van der Waals surface area contributed by atoms with Crippen LogP contribution in [0.25, 0.3) is 0 Å². The monoisotopic (exact) mass is 351 g/mol. The number of benzene rings is 1. The van der Waals surface area contributed by atoms with E-state index in [2.05, 4.69) is 5.32 Å². The third kappa shape index (κ3) is 3.41. The normalized spacial score (nSPS) is 23.8.